The Balaban J connectivity index is 2.13. The quantitative estimate of drug-likeness (QED) is 0.845. The lowest BCUT2D eigenvalue weighted by Crippen LogP contribution is -2.13. The van der Waals surface area contributed by atoms with Crippen LogP contribution in [0.3, 0.4) is 0 Å². The fourth-order valence-corrected chi connectivity index (χ4v) is 1.88. The Bertz CT molecular complexity index is 628. The number of halogens is 3. The van der Waals surface area contributed by atoms with Crippen molar-refractivity contribution in [3.05, 3.63) is 53.1 Å². The zero-order valence-electron chi connectivity index (χ0n) is 10.6. The third-order valence-electron chi connectivity index (χ3n) is 2.63. The van der Waals surface area contributed by atoms with Gasteiger partial charge in [-0.2, -0.15) is 8.78 Å². The molecule has 0 aliphatic carbocycles. The molecule has 7 heteroatoms. The zero-order chi connectivity index (χ0) is 15.4. The van der Waals surface area contributed by atoms with Crippen LogP contribution in [-0.4, -0.2) is 12.5 Å². The molecule has 1 amide bonds. The highest BCUT2D eigenvalue weighted by molar-refractivity contribution is 6.34. The molecule has 0 spiro atoms. The number of hydrogen-bond acceptors (Lipinski definition) is 3. The summed E-state index contributed by atoms with van der Waals surface area (Å²) in [7, 11) is 0. The third kappa shape index (κ3) is 3.82. The van der Waals surface area contributed by atoms with E-state index < -0.39 is 12.5 Å². The number of benzene rings is 2. The van der Waals surface area contributed by atoms with E-state index >= 15 is 0 Å². The lowest BCUT2D eigenvalue weighted by atomic mass is 10.2. The number of amides is 1. The van der Waals surface area contributed by atoms with E-state index in [1.54, 1.807) is 18.2 Å². The molecule has 2 aromatic rings. The molecule has 0 unspecified atom stereocenters. The number of alkyl halides is 2. The highest BCUT2D eigenvalue weighted by Crippen LogP contribution is 2.28. The summed E-state index contributed by atoms with van der Waals surface area (Å²) in [5, 5.41) is 2.88. The second-order valence-electron chi connectivity index (χ2n) is 4.06. The van der Waals surface area contributed by atoms with Gasteiger partial charge in [0.25, 0.3) is 5.91 Å². The monoisotopic (exact) mass is 312 g/mol. The van der Waals surface area contributed by atoms with Gasteiger partial charge in [-0.15, -0.1) is 0 Å². The van der Waals surface area contributed by atoms with Crippen molar-refractivity contribution in [1.29, 1.82) is 0 Å². The smallest absolute Gasteiger partial charge is 0.387 e. The number of carbonyl (C=O) groups is 1. The van der Waals surface area contributed by atoms with Crippen LogP contribution >= 0.6 is 11.6 Å². The van der Waals surface area contributed by atoms with E-state index in [1.165, 1.54) is 24.3 Å². The molecule has 2 rings (SSSR count). The molecular formula is C14H11ClF2N2O2. The minimum absolute atomic E-state index is 0.0289. The molecule has 0 bridgehead atoms. The Hall–Kier alpha value is -2.34. The average molecular weight is 313 g/mol. The van der Waals surface area contributed by atoms with E-state index in [9.17, 15) is 13.6 Å². The van der Waals surface area contributed by atoms with Crippen LogP contribution in [0.4, 0.5) is 20.2 Å². The second-order valence-corrected chi connectivity index (χ2v) is 4.47. The van der Waals surface area contributed by atoms with Gasteiger partial charge in [0.15, 0.2) is 0 Å². The molecule has 0 aliphatic heterocycles. The first-order chi connectivity index (χ1) is 9.97. The average Bonchev–Trinajstić information content (AvgIpc) is 2.43. The molecule has 0 atom stereocenters. The summed E-state index contributed by atoms with van der Waals surface area (Å²) >= 11 is 5.95. The van der Waals surface area contributed by atoms with Gasteiger partial charge in [0, 0.05) is 5.56 Å². The van der Waals surface area contributed by atoms with Crippen molar-refractivity contribution in [3.63, 3.8) is 0 Å². The van der Waals surface area contributed by atoms with Crippen molar-refractivity contribution in [2.75, 3.05) is 11.1 Å². The van der Waals surface area contributed by atoms with Gasteiger partial charge in [-0.3, -0.25) is 4.79 Å². The van der Waals surface area contributed by atoms with Gasteiger partial charge in [-0.25, -0.2) is 0 Å². The maximum Gasteiger partial charge on any atom is 0.387 e. The topological polar surface area (TPSA) is 64.3 Å². The van der Waals surface area contributed by atoms with E-state index in [-0.39, 0.29) is 11.3 Å². The molecule has 0 radical (unpaired) electrons. The van der Waals surface area contributed by atoms with E-state index in [0.717, 1.165) is 0 Å². The molecule has 2 aromatic carbocycles. The molecule has 0 aliphatic rings. The molecular weight excluding hydrogens is 302 g/mol. The lowest BCUT2D eigenvalue weighted by Gasteiger charge is -2.10. The van der Waals surface area contributed by atoms with Crippen LogP contribution < -0.4 is 15.8 Å². The Morgan fingerprint density at radius 2 is 1.86 bits per heavy atom. The number of nitrogens with one attached hydrogen (secondary N) is 1. The minimum Gasteiger partial charge on any atom is -0.435 e. The molecule has 0 saturated heterocycles. The fraction of sp³-hybridized carbons (Fsp3) is 0.0714. The van der Waals surface area contributed by atoms with Crippen LogP contribution in [0.5, 0.6) is 5.75 Å². The summed E-state index contributed by atoms with van der Waals surface area (Å²) in [6.07, 6.45) is 0. The van der Waals surface area contributed by atoms with Crippen molar-refractivity contribution in [2.24, 2.45) is 0 Å². The van der Waals surface area contributed by atoms with Gasteiger partial charge >= 0.3 is 6.61 Å². The molecule has 0 heterocycles. The Kier molecular flexibility index (Phi) is 4.59. The van der Waals surface area contributed by atoms with Crippen LogP contribution in [0.25, 0.3) is 0 Å². The number of nitrogen functional groups attached to an aromatic ring is 1. The second kappa shape index (κ2) is 6.41. The standard InChI is InChI=1S/C14H11ClF2N2O2/c15-10-2-1-3-11(18)12(10)19-13(20)8-4-6-9(7-5-8)21-14(16)17/h1-7,14H,18H2,(H,19,20). The van der Waals surface area contributed by atoms with Crippen LogP contribution in [-0.2, 0) is 0 Å². The van der Waals surface area contributed by atoms with E-state index in [0.29, 0.717) is 16.4 Å². The SMILES string of the molecule is Nc1cccc(Cl)c1NC(=O)c1ccc(OC(F)F)cc1. The minimum atomic E-state index is -2.91. The number of carbonyl (C=O) groups excluding carboxylic acids is 1. The van der Waals surface area contributed by atoms with Gasteiger partial charge < -0.3 is 15.8 Å². The van der Waals surface area contributed by atoms with E-state index in [2.05, 4.69) is 10.1 Å². The largest absolute Gasteiger partial charge is 0.435 e. The molecule has 4 nitrogen and oxygen atoms in total. The summed E-state index contributed by atoms with van der Waals surface area (Å²) in [4.78, 5) is 12.0. The molecule has 21 heavy (non-hydrogen) atoms. The van der Waals surface area contributed by atoms with Crippen molar-refractivity contribution in [1.82, 2.24) is 0 Å². The number of nitrogens with two attached hydrogens (primary N) is 1. The molecule has 110 valence electrons. The number of ether oxygens (including phenoxy) is 1. The zero-order valence-corrected chi connectivity index (χ0v) is 11.4. The molecule has 0 aromatic heterocycles. The number of anilines is 2. The van der Waals surface area contributed by atoms with Crippen LogP contribution in [0.1, 0.15) is 10.4 Å². The number of rotatable bonds is 4. The van der Waals surface area contributed by atoms with Crippen LogP contribution in [0.2, 0.25) is 5.02 Å². The van der Waals surface area contributed by atoms with E-state index in [1.807, 2.05) is 0 Å². The summed E-state index contributed by atoms with van der Waals surface area (Å²) < 4.78 is 28.3. The molecule has 0 saturated carbocycles. The first-order valence-electron chi connectivity index (χ1n) is 5.87. The normalized spacial score (nSPS) is 10.5. The van der Waals surface area contributed by atoms with E-state index in [4.69, 9.17) is 17.3 Å². The Morgan fingerprint density at radius 3 is 2.43 bits per heavy atom. The van der Waals surface area contributed by atoms with Crippen molar-refractivity contribution >= 4 is 28.9 Å². The summed E-state index contributed by atoms with van der Waals surface area (Å²) in [5.74, 6) is -0.489. The van der Waals surface area contributed by atoms with Crippen LogP contribution in [0.15, 0.2) is 42.5 Å². The van der Waals surface area contributed by atoms with Crippen molar-refractivity contribution in [2.45, 2.75) is 6.61 Å². The summed E-state index contributed by atoms with van der Waals surface area (Å²) in [6, 6.07) is 10.1. The van der Waals surface area contributed by atoms with Gasteiger partial charge in [0.2, 0.25) is 0 Å². The first kappa shape index (κ1) is 15.1. The Labute approximate surface area is 124 Å². The maximum absolute atomic E-state index is 12.0. The van der Waals surface area contributed by atoms with Gasteiger partial charge in [0.1, 0.15) is 5.75 Å². The fourth-order valence-electron chi connectivity index (χ4n) is 1.65. The van der Waals surface area contributed by atoms with Gasteiger partial charge in [-0.1, -0.05) is 17.7 Å². The highest BCUT2D eigenvalue weighted by Gasteiger charge is 2.11. The third-order valence-corrected chi connectivity index (χ3v) is 2.94. The predicted octanol–water partition coefficient (Wildman–Crippen LogP) is 3.78. The Morgan fingerprint density at radius 1 is 1.19 bits per heavy atom. The van der Waals surface area contributed by atoms with Crippen molar-refractivity contribution < 1.29 is 18.3 Å². The lowest BCUT2D eigenvalue weighted by molar-refractivity contribution is -0.0498. The molecule has 3 N–H and O–H groups in total. The van der Waals surface area contributed by atoms with Gasteiger partial charge in [0.05, 0.1) is 16.4 Å². The van der Waals surface area contributed by atoms with Gasteiger partial charge in [-0.05, 0) is 36.4 Å². The highest BCUT2D eigenvalue weighted by atomic mass is 35.5. The maximum atomic E-state index is 12.0. The number of hydrogen-bond donors (Lipinski definition) is 2. The summed E-state index contributed by atoms with van der Waals surface area (Å²) in [5.41, 5.74) is 6.61. The molecule has 0 fully saturated rings. The predicted molar refractivity (Wildman–Crippen MR) is 76.9 cm³/mol. The van der Waals surface area contributed by atoms with Crippen molar-refractivity contribution in [3.8, 4) is 5.75 Å². The van der Waals surface area contributed by atoms with Crippen LogP contribution in [0, 0.1) is 0 Å². The summed E-state index contributed by atoms with van der Waals surface area (Å²) in [6.45, 7) is -2.91. The number of para-hydroxylation sites is 1. The first-order valence-corrected chi connectivity index (χ1v) is 6.25.